The number of nitrogens with one attached hydrogen (secondary N) is 2. The van der Waals surface area contributed by atoms with Crippen molar-refractivity contribution in [3.05, 3.63) is 58.6 Å². The maximum absolute atomic E-state index is 11.7. The van der Waals surface area contributed by atoms with Gasteiger partial charge in [-0.1, -0.05) is 24.3 Å². The van der Waals surface area contributed by atoms with Crippen LogP contribution in [0.1, 0.15) is 5.56 Å². The lowest BCUT2D eigenvalue weighted by atomic mass is 10.2. The molecular formula is C15H12BrN3O3. The van der Waals surface area contributed by atoms with Crippen molar-refractivity contribution in [3.63, 3.8) is 0 Å². The average molecular weight is 362 g/mol. The molecule has 0 radical (unpaired) electrons. The Morgan fingerprint density at radius 1 is 1.09 bits per heavy atom. The molecule has 0 saturated carbocycles. The molecule has 0 spiro atoms. The van der Waals surface area contributed by atoms with E-state index >= 15 is 0 Å². The standard InChI is InChI=1S/C15H12BrN3O3/c16-12-6-1-2-7-13(12)18-14(21)15(22)19-17-9-10-4-3-5-11(20)8-10/h1-9,20H,(H,18,21)(H,19,22)/b17-9+. The summed E-state index contributed by atoms with van der Waals surface area (Å²) in [6, 6.07) is 13.2. The van der Waals surface area contributed by atoms with Gasteiger partial charge < -0.3 is 10.4 Å². The lowest BCUT2D eigenvalue weighted by molar-refractivity contribution is -0.136. The molecule has 6 nitrogen and oxygen atoms in total. The van der Waals surface area contributed by atoms with Crippen LogP contribution >= 0.6 is 15.9 Å². The van der Waals surface area contributed by atoms with E-state index in [4.69, 9.17) is 0 Å². The summed E-state index contributed by atoms with van der Waals surface area (Å²) in [5.74, 6) is -1.64. The molecule has 0 unspecified atom stereocenters. The maximum Gasteiger partial charge on any atom is 0.329 e. The van der Waals surface area contributed by atoms with E-state index in [-0.39, 0.29) is 5.75 Å². The largest absolute Gasteiger partial charge is 0.508 e. The number of halogens is 1. The second-order valence-corrected chi connectivity index (χ2v) is 5.08. The van der Waals surface area contributed by atoms with Crippen LogP contribution in [0.5, 0.6) is 5.75 Å². The number of aromatic hydroxyl groups is 1. The molecule has 0 heterocycles. The number of carbonyl (C=O) groups is 2. The zero-order chi connectivity index (χ0) is 15.9. The molecule has 0 aliphatic rings. The Bertz CT molecular complexity index is 731. The monoisotopic (exact) mass is 361 g/mol. The van der Waals surface area contributed by atoms with E-state index in [1.165, 1.54) is 18.3 Å². The smallest absolute Gasteiger partial charge is 0.329 e. The quantitative estimate of drug-likeness (QED) is 0.444. The molecule has 3 N–H and O–H groups in total. The molecule has 2 aromatic rings. The molecule has 0 bridgehead atoms. The number of anilines is 1. The third kappa shape index (κ3) is 4.42. The Hall–Kier alpha value is -2.67. The number of carbonyl (C=O) groups excluding carboxylic acids is 2. The van der Waals surface area contributed by atoms with Gasteiger partial charge in [0.2, 0.25) is 0 Å². The van der Waals surface area contributed by atoms with Gasteiger partial charge in [-0.25, -0.2) is 5.43 Å². The SMILES string of the molecule is O=C(N/N=C/c1cccc(O)c1)C(=O)Nc1ccccc1Br. The van der Waals surface area contributed by atoms with Crippen molar-refractivity contribution in [3.8, 4) is 5.75 Å². The van der Waals surface area contributed by atoms with Crippen molar-refractivity contribution in [2.45, 2.75) is 0 Å². The molecule has 0 aliphatic carbocycles. The van der Waals surface area contributed by atoms with E-state index < -0.39 is 11.8 Å². The number of rotatable bonds is 3. The first kappa shape index (κ1) is 15.7. The normalized spacial score (nSPS) is 10.4. The van der Waals surface area contributed by atoms with Gasteiger partial charge in [-0.3, -0.25) is 9.59 Å². The van der Waals surface area contributed by atoms with Crippen LogP contribution < -0.4 is 10.7 Å². The van der Waals surface area contributed by atoms with Gasteiger partial charge in [-0.15, -0.1) is 0 Å². The highest BCUT2D eigenvalue weighted by Gasteiger charge is 2.13. The Morgan fingerprint density at radius 3 is 2.59 bits per heavy atom. The first-order valence-corrected chi connectivity index (χ1v) is 7.03. The lowest BCUT2D eigenvalue weighted by Crippen LogP contribution is -2.32. The van der Waals surface area contributed by atoms with Gasteiger partial charge in [0.05, 0.1) is 11.9 Å². The summed E-state index contributed by atoms with van der Waals surface area (Å²) in [6.07, 6.45) is 1.32. The minimum Gasteiger partial charge on any atom is -0.508 e. The Labute approximate surface area is 135 Å². The fourth-order valence-corrected chi connectivity index (χ4v) is 1.95. The zero-order valence-electron chi connectivity index (χ0n) is 11.3. The highest BCUT2D eigenvalue weighted by Crippen LogP contribution is 2.20. The van der Waals surface area contributed by atoms with Gasteiger partial charge in [0.15, 0.2) is 0 Å². The summed E-state index contributed by atoms with van der Waals surface area (Å²) in [7, 11) is 0. The van der Waals surface area contributed by atoms with Crippen LogP contribution in [-0.4, -0.2) is 23.1 Å². The van der Waals surface area contributed by atoms with E-state index in [2.05, 4.69) is 31.8 Å². The molecule has 0 saturated heterocycles. The minimum absolute atomic E-state index is 0.0851. The fraction of sp³-hybridized carbons (Fsp3) is 0. The number of phenolic OH excluding ortho intramolecular Hbond substituents is 1. The predicted molar refractivity (Wildman–Crippen MR) is 86.6 cm³/mol. The second kappa shape index (κ2) is 7.37. The number of para-hydroxylation sites is 1. The second-order valence-electron chi connectivity index (χ2n) is 4.23. The first-order valence-electron chi connectivity index (χ1n) is 6.24. The summed E-state index contributed by atoms with van der Waals surface area (Å²) in [6.45, 7) is 0. The Morgan fingerprint density at radius 2 is 1.86 bits per heavy atom. The van der Waals surface area contributed by atoms with Crippen molar-refractivity contribution in [1.82, 2.24) is 5.43 Å². The number of amides is 2. The van der Waals surface area contributed by atoms with Gasteiger partial charge in [0, 0.05) is 4.47 Å². The van der Waals surface area contributed by atoms with Crippen molar-refractivity contribution < 1.29 is 14.7 Å². The molecule has 2 rings (SSSR count). The van der Waals surface area contributed by atoms with Crippen LogP contribution in [-0.2, 0) is 9.59 Å². The molecule has 112 valence electrons. The first-order chi connectivity index (χ1) is 10.6. The van der Waals surface area contributed by atoms with Crippen molar-refractivity contribution in [1.29, 1.82) is 0 Å². The van der Waals surface area contributed by atoms with Crippen molar-refractivity contribution in [2.75, 3.05) is 5.32 Å². The van der Waals surface area contributed by atoms with E-state index in [0.29, 0.717) is 15.7 Å². The Balaban J connectivity index is 1.92. The summed E-state index contributed by atoms with van der Waals surface area (Å²) < 4.78 is 0.666. The molecule has 0 atom stereocenters. The van der Waals surface area contributed by atoms with E-state index in [1.807, 2.05) is 0 Å². The van der Waals surface area contributed by atoms with Gasteiger partial charge in [0.25, 0.3) is 0 Å². The molecule has 2 aromatic carbocycles. The average Bonchev–Trinajstić information content (AvgIpc) is 2.49. The number of hydrogen-bond acceptors (Lipinski definition) is 4. The van der Waals surface area contributed by atoms with Crippen LogP contribution in [0.3, 0.4) is 0 Å². The zero-order valence-corrected chi connectivity index (χ0v) is 12.9. The summed E-state index contributed by atoms with van der Waals surface area (Å²) in [4.78, 5) is 23.3. The predicted octanol–water partition coefficient (Wildman–Crippen LogP) is 2.24. The van der Waals surface area contributed by atoms with E-state index in [9.17, 15) is 14.7 Å². The lowest BCUT2D eigenvalue weighted by Gasteiger charge is -2.05. The molecule has 0 fully saturated rings. The molecule has 22 heavy (non-hydrogen) atoms. The molecule has 7 heteroatoms. The maximum atomic E-state index is 11.7. The molecule has 2 amide bonds. The topological polar surface area (TPSA) is 90.8 Å². The van der Waals surface area contributed by atoms with E-state index in [1.54, 1.807) is 36.4 Å². The highest BCUT2D eigenvalue weighted by atomic mass is 79.9. The van der Waals surface area contributed by atoms with Gasteiger partial charge in [-0.05, 0) is 45.8 Å². The van der Waals surface area contributed by atoms with Crippen LogP contribution in [0.4, 0.5) is 5.69 Å². The number of hydrogen-bond donors (Lipinski definition) is 3. The van der Waals surface area contributed by atoms with Crippen molar-refractivity contribution >= 4 is 39.6 Å². The highest BCUT2D eigenvalue weighted by molar-refractivity contribution is 9.10. The number of nitrogens with zero attached hydrogens (tertiary/aromatic N) is 1. The number of benzene rings is 2. The number of hydrazone groups is 1. The number of phenols is 1. The molecular weight excluding hydrogens is 350 g/mol. The van der Waals surface area contributed by atoms with Crippen LogP contribution in [0.2, 0.25) is 0 Å². The summed E-state index contributed by atoms with van der Waals surface area (Å²) in [5, 5.41) is 15.4. The molecule has 0 aliphatic heterocycles. The third-order valence-corrected chi connectivity index (χ3v) is 3.27. The van der Waals surface area contributed by atoms with E-state index in [0.717, 1.165) is 0 Å². The molecule has 0 aromatic heterocycles. The summed E-state index contributed by atoms with van der Waals surface area (Å²) in [5.41, 5.74) is 3.19. The van der Waals surface area contributed by atoms with Crippen LogP contribution in [0.25, 0.3) is 0 Å². The summed E-state index contributed by atoms with van der Waals surface area (Å²) >= 11 is 3.26. The third-order valence-electron chi connectivity index (χ3n) is 2.58. The minimum atomic E-state index is -0.896. The Kier molecular flexibility index (Phi) is 5.26. The van der Waals surface area contributed by atoms with Crippen LogP contribution in [0, 0.1) is 0 Å². The van der Waals surface area contributed by atoms with Gasteiger partial charge in [0.1, 0.15) is 5.75 Å². The van der Waals surface area contributed by atoms with Gasteiger partial charge >= 0.3 is 11.8 Å². The van der Waals surface area contributed by atoms with Gasteiger partial charge in [-0.2, -0.15) is 5.10 Å². The van der Waals surface area contributed by atoms with Crippen molar-refractivity contribution in [2.24, 2.45) is 5.10 Å². The fourth-order valence-electron chi connectivity index (χ4n) is 1.56. The van der Waals surface area contributed by atoms with Crippen LogP contribution in [0.15, 0.2) is 58.1 Å².